The van der Waals surface area contributed by atoms with Crippen molar-refractivity contribution in [2.24, 2.45) is 5.92 Å². The Hall–Kier alpha value is -2.24. The molecule has 0 saturated carbocycles. The number of carboxylic acids is 1. The maximum absolute atomic E-state index is 12.1. The fourth-order valence-corrected chi connectivity index (χ4v) is 2.56. The summed E-state index contributed by atoms with van der Waals surface area (Å²) < 4.78 is 0. The van der Waals surface area contributed by atoms with Crippen molar-refractivity contribution in [2.45, 2.75) is 19.4 Å². The van der Waals surface area contributed by atoms with Gasteiger partial charge in [0, 0.05) is 39.4 Å². The van der Waals surface area contributed by atoms with Crippen molar-refractivity contribution in [1.29, 1.82) is 0 Å². The molecule has 2 N–H and O–H groups in total. The van der Waals surface area contributed by atoms with Crippen LogP contribution in [0.4, 0.5) is 10.5 Å². The quantitative estimate of drug-likeness (QED) is 0.889. The Labute approximate surface area is 130 Å². The lowest BCUT2D eigenvalue weighted by Crippen LogP contribution is -2.45. The van der Waals surface area contributed by atoms with Gasteiger partial charge in [0.1, 0.15) is 0 Å². The van der Waals surface area contributed by atoms with Crippen LogP contribution in [0.25, 0.3) is 0 Å². The molecule has 2 amide bonds. The molecule has 2 rings (SSSR count). The summed E-state index contributed by atoms with van der Waals surface area (Å²) >= 11 is 0. The molecule has 1 aromatic carbocycles. The summed E-state index contributed by atoms with van der Waals surface area (Å²) in [6.07, 6.45) is 1.05. The molecule has 1 fully saturated rings. The molecule has 1 aliphatic rings. The van der Waals surface area contributed by atoms with Crippen molar-refractivity contribution in [3.05, 3.63) is 29.8 Å². The van der Waals surface area contributed by atoms with Crippen molar-refractivity contribution in [1.82, 2.24) is 10.2 Å². The Kier molecular flexibility index (Phi) is 5.25. The summed E-state index contributed by atoms with van der Waals surface area (Å²) in [5.74, 6) is -1.08. The van der Waals surface area contributed by atoms with Gasteiger partial charge in [-0.2, -0.15) is 0 Å². The number of aliphatic carboxylic acids is 1. The molecule has 1 saturated heterocycles. The number of urea groups is 1. The number of amides is 2. The number of carbonyl (C=O) groups is 2. The fraction of sp³-hybridized carbons (Fsp3) is 0.500. The third-order valence-corrected chi connectivity index (χ3v) is 4.00. The molecule has 0 aromatic heterocycles. The zero-order chi connectivity index (χ0) is 16.1. The second-order valence-electron chi connectivity index (χ2n) is 5.82. The first kappa shape index (κ1) is 16.1. The minimum atomic E-state index is -0.763. The van der Waals surface area contributed by atoms with E-state index in [1.54, 1.807) is 4.90 Å². The lowest BCUT2D eigenvalue weighted by atomic mass is 9.97. The van der Waals surface area contributed by atoms with E-state index in [-0.39, 0.29) is 11.9 Å². The molecule has 6 nitrogen and oxygen atoms in total. The number of anilines is 1. The van der Waals surface area contributed by atoms with E-state index >= 15 is 0 Å². The molecular formula is C16H23N3O3. The summed E-state index contributed by atoms with van der Waals surface area (Å²) in [6, 6.07) is 7.87. The Morgan fingerprint density at radius 2 is 2.00 bits per heavy atom. The summed E-state index contributed by atoms with van der Waals surface area (Å²) in [7, 11) is 3.95. The average Bonchev–Trinajstić information content (AvgIpc) is 2.53. The van der Waals surface area contributed by atoms with E-state index in [1.807, 2.05) is 43.3 Å². The van der Waals surface area contributed by atoms with Gasteiger partial charge in [-0.1, -0.05) is 12.1 Å². The van der Waals surface area contributed by atoms with Gasteiger partial charge in [-0.15, -0.1) is 0 Å². The number of carboxylic acid groups (broad SMARTS) is 1. The van der Waals surface area contributed by atoms with Crippen molar-refractivity contribution in [2.75, 3.05) is 32.1 Å². The molecule has 0 spiro atoms. The first-order valence-corrected chi connectivity index (χ1v) is 7.49. The van der Waals surface area contributed by atoms with Crippen LogP contribution < -0.4 is 10.2 Å². The first-order valence-electron chi connectivity index (χ1n) is 7.49. The van der Waals surface area contributed by atoms with E-state index in [0.29, 0.717) is 32.5 Å². The van der Waals surface area contributed by atoms with E-state index in [1.165, 1.54) is 0 Å². The lowest BCUT2D eigenvalue weighted by molar-refractivity contribution is -0.143. The highest BCUT2D eigenvalue weighted by Crippen LogP contribution is 2.17. The minimum absolute atomic E-state index is 0.126. The van der Waals surface area contributed by atoms with Crippen molar-refractivity contribution in [3.8, 4) is 0 Å². The molecular weight excluding hydrogens is 282 g/mol. The van der Waals surface area contributed by atoms with Crippen LogP contribution in [0.1, 0.15) is 18.4 Å². The summed E-state index contributed by atoms with van der Waals surface area (Å²) in [4.78, 5) is 26.7. The van der Waals surface area contributed by atoms with Gasteiger partial charge in [0.2, 0.25) is 0 Å². The fourth-order valence-electron chi connectivity index (χ4n) is 2.56. The monoisotopic (exact) mass is 305 g/mol. The smallest absolute Gasteiger partial charge is 0.317 e. The molecule has 0 atom stereocenters. The van der Waals surface area contributed by atoms with Gasteiger partial charge in [0.25, 0.3) is 0 Å². The molecule has 0 unspecified atom stereocenters. The van der Waals surface area contributed by atoms with Crippen LogP contribution in [-0.4, -0.2) is 49.2 Å². The molecule has 1 aromatic rings. The number of hydrogen-bond acceptors (Lipinski definition) is 3. The normalized spacial score (nSPS) is 15.5. The van der Waals surface area contributed by atoms with Gasteiger partial charge >= 0.3 is 12.0 Å². The SMILES string of the molecule is CN(C)c1cccc(CNC(=O)N2CCC(C(=O)O)CC2)c1. The van der Waals surface area contributed by atoms with Gasteiger partial charge < -0.3 is 20.2 Å². The lowest BCUT2D eigenvalue weighted by Gasteiger charge is -2.30. The zero-order valence-electron chi connectivity index (χ0n) is 13.1. The van der Waals surface area contributed by atoms with Crippen molar-refractivity contribution in [3.63, 3.8) is 0 Å². The van der Waals surface area contributed by atoms with Gasteiger partial charge in [-0.3, -0.25) is 4.79 Å². The Balaban J connectivity index is 1.83. The Morgan fingerprint density at radius 3 is 2.59 bits per heavy atom. The largest absolute Gasteiger partial charge is 0.481 e. The third kappa shape index (κ3) is 4.13. The number of rotatable bonds is 4. The highest BCUT2D eigenvalue weighted by atomic mass is 16.4. The number of likely N-dealkylation sites (tertiary alicyclic amines) is 1. The molecule has 6 heteroatoms. The van der Waals surface area contributed by atoms with Crippen LogP contribution in [-0.2, 0) is 11.3 Å². The Morgan fingerprint density at radius 1 is 1.32 bits per heavy atom. The second kappa shape index (κ2) is 7.15. The molecule has 120 valence electrons. The zero-order valence-corrected chi connectivity index (χ0v) is 13.1. The van der Waals surface area contributed by atoms with E-state index in [9.17, 15) is 9.59 Å². The van der Waals surface area contributed by atoms with Gasteiger partial charge in [-0.25, -0.2) is 4.79 Å². The summed E-state index contributed by atoms with van der Waals surface area (Å²) in [5, 5.41) is 11.9. The number of carbonyl (C=O) groups excluding carboxylic acids is 1. The second-order valence-corrected chi connectivity index (χ2v) is 5.82. The average molecular weight is 305 g/mol. The minimum Gasteiger partial charge on any atom is -0.481 e. The summed E-state index contributed by atoms with van der Waals surface area (Å²) in [6.45, 7) is 1.47. The molecule has 1 heterocycles. The first-order chi connectivity index (χ1) is 10.5. The standard InChI is InChI=1S/C16H23N3O3/c1-18(2)14-5-3-4-12(10-14)11-17-16(22)19-8-6-13(7-9-19)15(20)21/h3-5,10,13H,6-9,11H2,1-2H3,(H,17,22)(H,20,21). The Bertz CT molecular complexity index is 537. The van der Waals surface area contributed by atoms with Crippen molar-refractivity contribution < 1.29 is 14.7 Å². The van der Waals surface area contributed by atoms with Crippen LogP contribution in [0.5, 0.6) is 0 Å². The topological polar surface area (TPSA) is 72.9 Å². The summed E-state index contributed by atoms with van der Waals surface area (Å²) in [5.41, 5.74) is 2.13. The molecule has 0 bridgehead atoms. The predicted octanol–water partition coefficient (Wildman–Crippen LogP) is 1.76. The van der Waals surface area contributed by atoms with Crippen LogP contribution in [0.3, 0.4) is 0 Å². The van der Waals surface area contributed by atoms with E-state index < -0.39 is 5.97 Å². The third-order valence-electron chi connectivity index (χ3n) is 4.00. The van der Waals surface area contributed by atoms with Gasteiger partial charge in [0.15, 0.2) is 0 Å². The van der Waals surface area contributed by atoms with E-state index in [2.05, 4.69) is 5.32 Å². The highest BCUT2D eigenvalue weighted by molar-refractivity contribution is 5.75. The number of nitrogens with zero attached hydrogens (tertiary/aromatic N) is 2. The van der Waals surface area contributed by atoms with Crippen LogP contribution in [0.2, 0.25) is 0 Å². The molecule has 22 heavy (non-hydrogen) atoms. The van der Waals surface area contributed by atoms with Crippen molar-refractivity contribution >= 4 is 17.7 Å². The molecule has 0 radical (unpaired) electrons. The van der Waals surface area contributed by atoms with Crippen LogP contribution in [0, 0.1) is 5.92 Å². The van der Waals surface area contributed by atoms with Gasteiger partial charge in [0.05, 0.1) is 5.92 Å². The maximum Gasteiger partial charge on any atom is 0.317 e. The predicted molar refractivity (Wildman–Crippen MR) is 84.9 cm³/mol. The maximum atomic E-state index is 12.1. The molecule has 1 aliphatic heterocycles. The number of nitrogens with one attached hydrogen (secondary N) is 1. The highest BCUT2D eigenvalue weighted by Gasteiger charge is 2.26. The van der Waals surface area contributed by atoms with E-state index in [4.69, 9.17) is 5.11 Å². The number of piperidine rings is 1. The number of hydrogen-bond donors (Lipinski definition) is 2. The molecule has 0 aliphatic carbocycles. The van der Waals surface area contributed by atoms with Gasteiger partial charge in [-0.05, 0) is 30.5 Å². The number of benzene rings is 1. The van der Waals surface area contributed by atoms with Crippen LogP contribution >= 0.6 is 0 Å². The van der Waals surface area contributed by atoms with Crippen LogP contribution in [0.15, 0.2) is 24.3 Å². The van der Waals surface area contributed by atoms with E-state index in [0.717, 1.165) is 11.3 Å².